The molecular formula is C20H16ClN5O3S. The number of hydrogen-bond donors (Lipinski definition) is 1. The predicted molar refractivity (Wildman–Crippen MR) is 113 cm³/mol. The molecule has 4 rings (SSSR count). The van der Waals surface area contributed by atoms with E-state index in [1.54, 1.807) is 72.5 Å². The Hall–Kier alpha value is -3.43. The van der Waals surface area contributed by atoms with E-state index in [0.29, 0.717) is 33.7 Å². The van der Waals surface area contributed by atoms with Crippen LogP contribution in [-0.2, 0) is 10.0 Å². The normalized spacial score (nSPS) is 11.3. The highest BCUT2D eigenvalue weighted by molar-refractivity contribution is 7.92. The van der Waals surface area contributed by atoms with Crippen LogP contribution >= 0.6 is 11.6 Å². The molecule has 0 saturated carbocycles. The zero-order chi connectivity index (χ0) is 21.1. The maximum Gasteiger partial charge on any atom is 0.262 e. The zero-order valence-corrected chi connectivity index (χ0v) is 17.3. The summed E-state index contributed by atoms with van der Waals surface area (Å²) < 4.78 is 35.2. The summed E-state index contributed by atoms with van der Waals surface area (Å²) in [6.45, 7) is 1.66. The van der Waals surface area contributed by atoms with Crippen LogP contribution in [0, 0.1) is 6.92 Å². The lowest BCUT2D eigenvalue weighted by molar-refractivity contribution is 0.460. The van der Waals surface area contributed by atoms with E-state index in [-0.39, 0.29) is 4.90 Å². The van der Waals surface area contributed by atoms with Crippen molar-refractivity contribution < 1.29 is 13.2 Å². The lowest BCUT2D eigenvalue weighted by Crippen LogP contribution is -2.14. The summed E-state index contributed by atoms with van der Waals surface area (Å²) in [4.78, 5) is 8.36. The summed E-state index contributed by atoms with van der Waals surface area (Å²) in [5.74, 6) is 1.38. The second kappa shape index (κ2) is 8.13. The van der Waals surface area contributed by atoms with Crippen molar-refractivity contribution in [3.63, 3.8) is 0 Å². The van der Waals surface area contributed by atoms with Gasteiger partial charge >= 0.3 is 0 Å². The van der Waals surface area contributed by atoms with Gasteiger partial charge in [-0.25, -0.2) is 23.1 Å². The van der Waals surface area contributed by atoms with Crippen LogP contribution < -0.4 is 9.46 Å². The SMILES string of the molecule is Cc1c(Cl)cccc1S(=O)(=O)Nc1ccc(Oc2cc(-n3cccn3)ncn2)cc1. The monoisotopic (exact) mass is 441 g/mol. The fraction of sp³-hybridized carbons (Fsp3) is 0.0500. The molecule has 2 heterocycles. The fourth-order valence-corrected chi connectivity index (χ4v) is 4.27. The molecule has 0 fully saturated rings. The minimum atomic E-state index is -3.77. The van der Waals surface area contributed by atoms with Crippen molar-refractivity contribution in [2.75, 3.05) is 4.72 Å². The molecule has 2 aromatic heterocycles. The van der Waals surface area contributed by atoms with Crippen molar-refractivity contribution in [3.8, 4) is 17.4 Å². The second-order valence-electron chi connectivity index (χ2n) is 6.26. The molecular weight excluding hydrogens is 426 g/mol. The molecule has 2 aromatic carbocycles. The number of halogens is 1. The van der Waals surface area contributed by atoms with Gasteiger partial charge in [0.25, 0.3) is 10.0 Å². The molecule has 8 nitrogen and oxygen atoms in total. The van der Waals surface area contributed by atoms with Gasteiger partial charge in [0.2, 0.25) is 5.88 Å². The molecule has 0 saturated heterocycles. The van der Waals surface area contributed by atoms with E-state index in [1.807, 2.05) is 0 Å². The Morgan fingerprint density at radius 1 is 1.07 bits per heavy atom. The van der Waals surface area contributed by atoms with Crippen molar-refractivity contribution in [1.29, 1.82) is 0 Å². The summed E-state index contributed by atoms with van der Waals surface area (Å²) in [5, 5.41) is 4.50. The average molecular weight is 442 g/mol. The number of sulfonamides is 1. The molecule has 0 aliphatic heterocycles. The molecule has 0 spiro atoms. The number of nitrogens with one attached hydrogen (secondary N) is 1. The first-order valence-corrected chi connectivity index (χ1v) is 10.7. The summed E-state index contributed by atoms with van der Waals surface area (Å²) in [5.41, 5.74) is 0.880. The minimum Gasteiger partial charge on any atom is -0.439 e. The van der Waals surface area contributed by atoms with Crippen LogP contribution in [0.1, 0.15) is 5.56 Å². The number of benzene rings is 2. The van der Waals surface area contributed by atoms with Crippen molar-refractivity contribution in [2.45, 2.75) is 11.8 Å². The van der Waals surface area contributed by atoms with Gasteiger partial charge in [-0.05, 0) is 55.0 Å². The van der Waals surface area contributed by atoms with Crippen LogP contribution in [0.15, 0.2) is 78.2 Å². The molecule has 0 aliphatic carbocycles. The Morgan fingerprint density at radius 2 is 1.87 bits per heavy atom. The highest BCUT2D eigenvalue weighted by Gasteiger charge is 2.18. The molecule has 30 heavy (non-hydrogen) atoms. The van der Waals surface area contributed by atoms with Gasteiger partial charge in [0.05, 0.1) is 4.90 Å². The maximum absolute atomic E-state index is 12.7. The Labute approximate surface area is 178 Å². The van der Waals surface area contributed by atoms with E-state index < -0.39 is 10.0 Å². The number of anilines is 1. The molecule has 1 N–H and O–H groups in total. The smallest absolute Gasteiger partial charge is 0.262 e. The Morgan fingerprint density at radius 3 is 2.60 bits per heavy atom. The molecule has 152 valence electrons. The standard InChI is InChI=1S/C20H16ClN5O3S/c1-14-17(21)4-2-5-18(14)30(27,28)25-15-6-8-16(9-7-15)29-20-12-19(22-13-23-20)26-11-3-10-24-26/h2-13,25H,1H3. The van der Waals surface area contributed by atoms with Crippen LogP contribution in [0.4, 0.5) is 5.69 Å². The van der Waals surface area contributed by atoms with E-state index in [1.165, 1.54) is 12.4 Å². The van der Waals surface area contributed by atoms with E-state index in [9.17, 15) is 8.42 Å². The highest BCUT2D eigenvalue weighted by atomic mass is 35.5. The van der Waals surface area contributed by atoms with Crippen molar-refractivity contribution in [2.24, 2.45) is 0 Å². The third kappa shape index (κ3) is 4.27. The van der Waals surface area contributed by atoms with Gasteiger partial charge in [0.15, 0.2) is 5.82 Å². The summed E-state index contributed by atoms with van der Waals surface area (Å²) >= 11 is 6.04. The highest BCUT2D eigenvalue weighted by Crippen LogP contribution is 2.26. The molecule has 0 aliphatic rings. The second-order valence-corrected chi connectivity index (χ2v) is 8.32. The van der Waals surface area contributed by atoms with Gasteiger partial charge in [-0.1, -0.05) is 17.7 Å². The minimum absolute atomic E-state index is 0.127. The van der Waals surface area contributed by atoms with Gasteiger partial charge in [0.1, 0.15) is 12.1 Å². The zero-order valence-electron chi connectivity index (χ0n) is 15.7. The van der Waals surface area contributed by atoms with E-state index in [2.05, 4.69) is 19.8 Å². The van der Waals surface area contributed by atoms with E-state index in [0.717, 1.165) is 0 Å². The van der Waals surface area contributed by atoms with Gasteiger partial charge in [-0.3, -0.25) is 4.72 Å². The quantitative estimate of drug-likeness (QED) is 0.481. The predicted octanol–water partition coefficient (Wildman–Crippen LogP) is 4.22. The lowest BCUT2D eigenvalue weighted by atomic mass is 10.2. The van der Waals surface area contributed by atoms with Crippen LogP contribution in [0.2, 0.25) is 5.02 Å². The van der Waals surface area contributed by atoms with E-state index in [4.69, 9.17) is 16.3 Å². The molecule has 10 heteroatoms. The van der Waals surface area contributed by atoms with Crippen LogP contribution in [0.25, 0.3) is 5.82 Å². The van der Waals surface area contributed by atoms with Crippen molar-refractivity contribution >= 4 is 27.3 Å². The third-order valence-corrected chi connectivity index (χ3v) is 6.14. The maximum atomic E-state index is 12.7. The first-order chi connectivity index (χ1) is 14.4. The average Bonchev–Trinajstić information content (AvgIpc) is 3.26. The summed E-state index contributed by atoms with van der Waals surface area (Å²) in [7, 11) is -3.77. The van der Waals surface area contributed by atoms with Crippen LogP contribution in [0.5, 0.6) is 11.6 Å². The molecule has 0 atom stereocenters. The van der Waals surface area contributed by atoms with Gasteiger partial charge in [0, 0.05) is 29.2 Å². The van der Waals surface area contributed by atoms with Gasteiger partial charge in [-0.2, -0.15) is 5.10 Å². The largest absolute Gasteiger partial charge is 0.439 e. The fourth-order valence-electron chi connectivity index (χ4n) is 2.72. The summed E-state index contributed by atoms with van der Waals surface area (Å²) in [6, 6.07) is 14.7. The van der Waals surface area contributed by atoms with Gasteiger partial charge in [-0.15, -0.1) is 0 Å². The van der Waals surface area contributed by atoms with Crippen LogP contribution in [-0.4, -0.2) is 28.2 Å². The van der Waals surface area contributed by atoms with E-state index >= 15 is 0 Å². The first kappa shape index (κ1) is 19.9. The molecule has 0 unspecified atom stereocenters. The Kier molecular flexibility index (Phi) is 5.39. The third-order valence-electron chi connectivity index (χ3n) is 4.20. The number of ether oxygens (including phenoxy) is 1. The Balaban J connectivity index is 1.50. The number of hydrogen-bond acceptors (Lipinski definition) is 6. The summed E-state index contributed by atoms with van der Waals surface area (Å²) in [6.07, 6.45) is 4.78. The number of nitrogens with zero attached hydrogens (tertiary/aromatic N) is 4. The lowest BCUT2D eigenvalue weighted by Gasteiger charge is -2.12. The van der Waals surface area contributed by atoms with Crippen molar-refractivity contribution in [3.05, 3.63) is 83.9 Å². The topological polar surface area (TPSA) is 99.0 Å². The Bertz CT molecular complexity index is 1280. The molecule has 4 aromatic rings. The number of rotatable bonds is 6. The molecule has 0 bridgehead atoms. The van der Waals surface area contributed by atoms with Gasteiger partial charge < -0.3 is 4.74 Å². The van der Waals surface area contributed by atoms with Crippen LogP contribution in [0.3, 0.4) is 0 Å². The van der Waals surface area contributed by atoms with Crippen molar-refractivity contribution in [1.82, 2.24) is 19.7 Å². The first-order valence-electron chi connectivity index (χ1n) is 8.80. The number of aromatic nitrogens is 4. The molecule has 0 amide bonds. The molecule has 0 radical (unpaired) electrons.